The Morgan fingerprint density at radius 1 is 0.750 bits per heavy atom. The fraction of sp³-hybridized carbons (Fsp3) is 0.588. The van der Waals surface area contributed by atoms with E-state index in [0.29, 0.717) is 38.2 Å². The molecule has 14 nitrogen and oxygen atoms in total. The van der Waals surface area contributed by atoms with Gasteiger partial charge in [0.1, 0.15) is 43.1 Å². The number of nitrogens with one attached hydrogen (secondary N) is 1. The lowest BCUT2D eigenvalue weighted by molar-refractivity contribution is -0.138. The molecule has 0 aromatic carbocycles. The summed E-state index contributed by atoms with van der Waals surface area (Å²) in [6, 6.07) is -1.35. The molecule has 0 bridgehead atoms. The Kier molecular flexibility index (Phi) is 27.5. The minimum Gasteiger partial charge on any atom is -0.480 e. The molecule has 4 aliphatic rings. The van der Waals surface area contributed by atoms with Crippen LogP contribution in [-0.2, 0) is 135 Å². The molecule has 2 aromatic heterocycles. The van der Waals surface area contributed by atoms with Crippen molar-refractivity contribution in [1.82, 2.24) is 21.4 Å². The highest BCUT2D eigenvalue weighted by molar-refractivity contribution is 8.73. The molecule has 0 unspecified atom stereocenters. The molecule has 0 saturated heterocycles. The maximum absolute atomic E-state index is 11.9. The van der Waals surface area contributed by atoms with E-state index in [-0.39, 0.29) is 63.7 Å². The van der Waals surface area contributed by atoms with Gasteiger partial charge in [-0.05, 0) is 25.7 Å². The molecular weight excluding hydrogens is 1140 g/mol. The molecule has 2 saturated carbocycles. The van der Waals surface area contributed by atoms with Crippen LogP contribution in [0.4, 0.5) is 0 Å². The highest BCUT2D eigenvalue weighted by Gasteiger charge is 2.45. The van der Waals surface area contributed by atoms with Crippen LogP contribution in [0.25, 0.3) is 0 Å². The maximum atomic E-state index is 11.9. The average Bonchev–Trinajstić information content (AvgIpc) is 3.75. The van der Waals surface area contributed by atoms with Crippen LogP contribution in [0, 0.1) is 10.8 Å². The molecule has 0 radical (unpaired) electrons. The second-order valence-electron chi connectivity index (χ2n) is 14.8. The van der Waals surface area contributed by atoms with Crippen molar-refractivity contribution in [3.05, 3.63) is 32.2 Å². The van der Waals surface area contributed by atoms with E-state index in [1.807, 2.05) is 40.0 Å². The van der Waals surface area contributed by atoms with E-state index >= 15 is 0 Å². The summed E-state index contributed by atoms with van der Waals surface area (Å²) in [4.78, 5) is 85.2. The van der Waals surface area contributed by atoms with E-state index in [9.17, 15) is 28.8 Å². The third-order valence-electron chi connectivity index (χ3n) is 8.55. The van der Waals surface area contributed by atoms with Crippen molar-refractivity contribution in [3.63, 3.8) is 0 Å². The molecule has 6 rings (SSSR count). The zero-order valence-electron chi connectivity index (χ0n) is 34.7. The number of aromatic nitrogens is 2. The van der Waals surface area contributed by atoms with Crippen molar-refractivity contribution < 1.29 is 39.0 Å². The summed E-state index contributed by atoms with van der Waals surface area (Å²) in [6.07, 6.45) is 3.67. The summed E-state index contributed by atoms with van der Waals surface area (Å²) in [5.74, 6) is -0.711. The van der Waals surface area contributed by atoms with E-state index in [1.165, 1.54) is 75.7 Å². The van der Waals surface area contributed by atoms with Crippen LogP contribution >= 0.6 is 69.6 Å². The molecule has 1 amide bonds. The number of thioether (sulfide) groups is 3. The van der Waals surface area contributed by atoms with E-state index in [4.69, 9.17) is 21.8 Å². The molecule has 0 spiro atoms. The maximum Gasteiger partial charge on any atom is 0.329 e. The number of hydrogen-bond donors (Lipinski definition) is 4. The lowest BCUT2D eigenvalue weighted by atomic mass is 10.0. The molecule has 2 fully saturated rings. The van der Waals surface area contributed by atoms with Gasteiger partial charge in [-0.1, -0.05) is 46.4 Å². The van der Waals surface area contributed by atoms with E-state index in [2.05, 4.69) is 47.6 Å². The van der Waals surface area contributed by atoms with Gasteiger partial charge in [0.05, 0.1) is 25.3 Å². The first-order chi connectivity index (χ1) is 29.7. The smallest absolute Gasteiger partial charge is 0.329 e. The lowest BCUT2D eigenvalue weighted by Gasteiger charge is -2.16. The zero-order valence-corrected chi connectivity index (χ0v) is 47.7. The fourth-order valence-corrected chi connectivity index (χ4v) is 25.6. The number of rotatable bonds is 13. The Morgan fingerprint density at radius 2 is 1.17 bits per heavy atom. The Morgan fingerprint density at radius 3 is 1.55 bits per heavy atom. The normalized spacial score (nSPS) is 18.0. The van der Waals surface area contributed by atoms with Crippen molar-refractivity contribution in [1.29, 1.82) is 0 Å². The Bertz CT molecular complexity index is 2430. The molecular formula is C34H45ClN6O8S15. The number of carbonyl (C=O) groups is 6. The van der Waals surface area contributed by atoms with E-state index < -0.39 is 24.0 Å². The fourth-order valence-electron chi connectivity index (χ4n) is 4.56. The van der Waals surface area contributed by atoms with Gasteiger partial charge >= 0.3 is 11.9 Å². The highest BCUT2D eigenvalue weighted by atomic mass is 35.5. The number of carboxylic acids is 2. The number of alkyl halides is 1. The first kappa shape index (κ1) is 59.6. The Hall–Kier alpha value is -0.480. The van der Waals surface area contributed by atoms with Crippen LogP contribution < -0.4 is 11.5 Å². The number of nitrogens with zero attached hydrogens (tertiary/aromatic N) is 4. The molecule has 4 heterocycles. The van der Waals surface area contributed by atoms with Gasteiger partial charge in [0, 0.05) is 131 Å². The summed E-state index contributed by atoms with van der Waals surface area (Å²) in [6.45, 7) is 10.1. The second kappa shape index (κ2) is 29.5. The molecule has 6 N–H and O–H groups in total. The molecule has 2 aliphatic carbocycles. The summed E-state index contributed by atoms with van der Waals surface area (Å²) in [5, 5.41) is 26.9. The van der Waals surface area contributed by atoms with Crippen molar-refractivity contribution in [2.24, 2.45) is 20.8 Å². The summed E-state index contributed by atoms with van der Waals surface area (Å²) < 4.78 is -0.0815. The van der Waals surface area contributed by atoms with Gasteiger partial charge in [-0.2, -0.15) is 0 Å². The standard InChI is InChI=1S/C15H17N3O4S2.C11H18O2S.C8H7ClN2O2S2.H3N.S10/c1-15(2-3-15)10(19)4-11(20)16-5-12-17-8(6-23-12)13-18-9(7-24-13)14(21)22;1-10(2,3)14-9(13)7-8(12)11(4)5-6-11;9-1-6-10-4(2-14-6)7-11-5(3-15-7)8(12)13;;1-3-5-7-9-10-8-6-4-2/h6,9H,2-5,7H2,1H3,(H,16,20)(H,21,22);5-7H2,1-4H3;2,5H,1,3H2,(H,12,13);1H3;/t9-;;5-;;/m0.0../s1. The molecule has 356 valence electrons. The van der Waals surface area contributed by atoms with Crippen molar-refractivity contribution in [2.45, 2.75) is 102 Å². The predicted octanol–water partition coefficient (Wildman–Crippen LogP) is 6.24. The number of hydrogen-bond acceptors (Lipinski definition) is 18. The van der Waals surface area contributed by atoms with Gasteiger partial charge in [-0.3, -0.25) is 29.2 Å². The Labute approximate surface area is 430 Å². The minimum absolute atomic E-state index is 0. The van der Waals surface area contributed by atoms with Crippen molar-refractivity contribution in [2.75, 3.05) is 11.5 Å². The highest BCUT2D eigenvalue weighted by Crippen LogP contribution is 2.47. The number of ketones is 2. The number of Topliss-reactive ketones (excluding diaryl/α,β-unsaturated/α-hetero) is 2. The third kappa shape index (κ3) is 22.3. The molecule has 64 heavy (non-hydrogen) atoms. The van der Waals surface area contributed by atoms with Gasteiger partial charge in [-0.25, -0.2) is 19.6 Å². The first-order valence-electron chi connectivity index (χ1n) is 18.2. The predicted molar refractivity (Wildman–Crippen MR) is 291 cm³/mol. The molecule has 30 heteroatoms. The zero-order chi connectivity index (χ0) is 46.8. The van der Waals surface area contributed by atoms with Crippen molar-refractivity contribution >= 4 is 208 Å². The monoisotopic (exact) mass is 1180 g/mol. The number of carbonyl (C=O) groups excluding carboxylic acids is 4. The number of thiazole rings is 2. The number of aliphatic carboxylic acids is 2. The van der Waals surface area contributed by atoms with Gasteiger partial charge in [-0.15, -0.1) is 57.8 Å². The number of halogens is 1. The second-order valence-corrected chi connectivity index (χ2v) is 35.0. The van der Waals surface area contributed by atoms with E-state index in [1.54, 1.807) is 58.7 Å². The Balaban J connectivity index is 0.000000308. The summed E-state index contributed by atoms with van der Waals surface area (Å²) in [7, 11) is 12.7. The van der Waals surface area contributed by atoms with Gasteiger partial charge in [0.2, 0.25) is 5.91 Å². The molecule has 2 aromatic rings. The van der Waals surface area contributed by atoms with Crippen LogP contribution in [0.15, 0.2) is 20.7 Å². The first-order valence-corrected chi connectivity index (χ1v) is 35.3. The summed E-state index contributed by atoms with van der Waals surface area (Å²) in [5.41, 5.74) is 0.933. The quantitative estimate of drug-likeness (QED) is 0.128. The third-order valence-corrected chi connectivity index (χ3v) is 29.3. The van der Waals surface area contributed by atoms with Crippen LogP contribution in [0.1, 0.15) is 94.5 Å². The molecule has 2 atom stereocenters. The number of carboxylic acid groups (broad SMARTS) is 2. The van der Waals surface area contributed by atoms with E-state index in [0.717, 1.165) is 36.4 Å². The minimum atomic E-state index is -0.936. The van der Waals surface area contributed by atoms with Crippen LogP contribution in [0.3, 0.4) is 0 Å². The largest absolute Gasteiger partial charge is 0.480 e. The van der Waals surface area contributed by atoms with Crippen LogP contribution in [-0.4, -0.2) is 93.1 Å². The SMILES string of the molecule is CC(C)(C)SC(=O)CC(=O)C1(C)CC1.CC1(C(=O)CC(=O)NCc2nc(C3=N[C@H](C(=O)O)CS3)cs2)CC1.N.O=C(O)[C@@H]1CSC(c2csc(CCl)n2)=N1.S=S=S=S=S=S=S=S=S=S. The number of amides is 1. The van der Waals surface area contributed by atoms with Gasteiger partial charge in [0.25, 0.3) is 0 Å². The summed E-state index contributed by atoms with van der Waals surface area (Å²) >= 11 is 21.8. The number of aliphatic imine (C=N–C) groups is 2. The molecule has 2 aliphatic heterocycles. The average molecular weight is 1180 g/mol. The lowest BCUT2D eigenvalue weighted by Crippen LogP contribution is -2.27. The topological polar surface area (TPSA) is 240 Å². The van der Waals surface area contributed by atoms with Gasteiger partial charge in [0.15, 0.2) is 17.2 Å². The van der Waals surface area contributed by atoms with Crippen molar-refractivity contribution in [3.8, 4) is 0 Å². The van der Waals surface area contributed by atoms with Crippen LogP contribution in [0.5, 0.6) is 0 Å². The van der Waals surface area contributed by atoms with Gasteiger partial charge < -0.3 is 21.7 Å². The van der Waals surface area contributed by atoms with Crippen LogP contribution in [0.2, 0.25) is 0 Å².